The summed E-state index contributed by atoms with van der Waals surface area (Å²) in [5, 5.41) is 9.85. The normalized spacial score (nSPS) is 10.2. The second-order valence-electron chi connectivity index (χ2n) is 4.33. The molecule has 19 heavy (non-hydrogen) atoms. The molecule has 2 aromatic rings. The number of aromatic hydroxyl groups is 1. The molecule has 3 nitrogen and oxygen atoms in total. The third-order valence-electron chi connectivity index (χ3n) is 3.08. The molecule has 0 saturated carbocycles. The third kappa shape index (κ3) is 3.19. The third-order valence-corrected chi connectivity index (χ3v) is 3.08. The van der Waals surface area contributed by atoms with Gasteiger partial charge in [-0.2, -0.15) is 0 Å². The molecule has 0 aliphatic rings. The highest BCUT2D eigenvalue weighted by Crippen LogP contribution is 2.37. The van der Waals surface area contributed by atoms with Gasteiger partial charge in [-0.3, -0.25) is 0 Å². The van der Waals surface area contributed by atoms with E-state index in [1.165, 1.54) is 19.8 Å². The molecular formula is C16H18O3. The summed E-state index contributed by atoms with van der Waals surface area (Å²) in [5.74, 6) is 0.943. The van der Waals surface area contributed by atoms with Crippen LogP contribution in [0, 0.1) is 0 Å². The van der Waals surface area contributed by atoms with Crippen molar-refractivity contribution in [3.8, 4) is 17.2 Å². The average Bonchev–Trinajstić information content (AvgIpc) is 2.47. The van der Waals surface area contributed by atoms with Crippen LogP contribution in [-0.2, 0) is 12.8 Å². The van der Waals surface area contributed by atoms with Gasteiger partial charge in [0.1, 0.15) is 0 Å². The van der Waals surface area contributed by atoms with Gasteiger partial charge in [0, 0.05) is 0 Å². The molecule has 100 valence electrons. The Balaban J connectivity index is 2.16. The first kappa shape index (κ1) is 13.3. The molecule has 0 spiro atoms. The zero-order valence-corrected chi connectivity index (χ0v) is 11.2. The first-order chi connectivity index (χ1) is 9.24. The van der Waals surface area contributed by atoms with E-state index in [1.807, 2.05) is 30.3 Å². The van der Waals surface area contributed by atoms with E-state index in [4.69, 9.17) is 9.47 Å². The van der Waals surface area contributed by atoms with Crippen molar-refractivity contribution >= 4 is 0 Å². The predicted octanol–water partition coefficient (Wildman–Crippen LogP) is 3.19. The number of benzene rings is 2. The largest absolute Gasteiger partial charge is 0.502 e. The van der Waals surface area contributed by atoms with Crippen LogP contribution in [0.25, 0.3) is 0 Å². The summed E-state index contributed by atoms with van der Waals surface area (Å²) < 4.78 is 10.3. The van der Waals surface area contributed by atoms with Crippen molar-refractivity contribution in [2.24, 2.45) is 0 Å². The summed E-state index contributed by atoms with van der Waals surface area (Å²) in [7, 11) is 3.07. The van der Waals surface area contributed by atoms with Crippen LogP contribution < -0.4 is 9.47 Å². The van der Waals surface area contributed by atoms with Crippen LogP contribution >= 0.6 is 0 Å². The van der Waals surface area contributed by atoms with Gasteiger partial charge in [-0.15, -0.1) is 0 Å². The fourth-order valence-corrected chi connectivity index (χ4v) is 2.03. The van der Waals surface area contributed by atoms with Crippen LogP contribution in [0.15, 0.2) is 42.5 Å². The number of ether oxygens (including phenoxy) is 2. The van der Waals surface area contributed by atoms with Crippen LogP contribution in [-0.4, -0.2) is 19.3 Å². The van der Waals surface area contributed by atoms with Gasteiger partial charge in [0.05, 0.1) is 14.2 Å². The Hall–Kier alpha value is -2.16. The molecule has 0 aliphatic heterocycles. The van der Waals surface area contributed by atoms with E-state index in [2.05, 4.69) is 12.1 Å². The van der Waals surface area contributed by atoms with E-state index in [1.54, 1.807) is 0 Å². The van der Waals surface area contributed by atoms with Crippen molar-refractivity contribution in [3.05, 3.63) is 53.6 Å². The fraction of sp³-hybridized carbons (Fsp3) is 0.250. The van der Waals surface area contributed by atoms with Gasteiger partial charge in [-0.1, -0.05) is 30.3 Å². The maximum absolute atomic E-state index is 9.85. The van der Waals surface area contributed by atoms with Crippen LogP contribution in [0.1, 0.15) is 11.1 Å². The van der Waals surface area contributed by atoms with Gasteiger partial charge in [-0.25, -0.2) is 0 Å². The van der Waals surface area contributed by atoms with Crippen LogP contribution in [0.2, 0.25) is 0 Å². The standard InChI is InChI=1S/C16H18O3/c1-18-14-10-13(11-15(19-2)16(14)17)9-8-12-6-4-3-5-7-12/h3-7,10-11,17H,8-9H2,1-2H3. The Morgan fingerprint density at radius 3 is 1.89 bits per heavy atom. The Bertz CT molecular complexity index is 510. The molecule has 0 saturated heterocycles. The molecule has 0 bridgehead atoms. The predicted molar refractivity (Wildman–Crippen MR) is 75.1 cm³/mol. The summed E-state index contributed by atoms with van der Waals surface area (Å²) in [6.07, 6.45) is 1.81. The molecule has 0 aromatic heterocycles. The van der Waals surface area contributed by atoms with E-state index < -0.39 is 0 Å². The number of phenolic OH excluding ortho intramolecular Hbond substituents is 1. The second-order valence-corrected chi connectivity index (χ2v) is 4.33. The summed E-state index contributed by atoms with van der Waals surface area (Å²) in [6, 6.07) is 14.0. The van der Waals surface area contributed by atoms with Crippen LogP contribution in [0.3, 0.4) is 0 Å². The molecule has 2 aromatic carbocycles. The van der Waals surface area contributed by atoms with Crippen molar-refractivity contribution in [1.82, 2.24) is 0 Å². The van der Waals surface area contributed by atoms with Crippen molar-refractivity contribution in [2.75, 3.05) is 14.2 Å². The van der Waals surface area contributed by atoms with Crippen LogP contribution in [0.5, 0.6) is 17.2 Å². The molecule has 0 amide bonds. The molecule has 3 heteroatoms. The fourth-order valence-electron chi connectivity index (χ4n) is 2.03. The van der Waals surface area contributed by atoms with Gasteiger partial charge < -0.3 is 14.6 Å². The Morgan fingerprint density at radius 1 is 0.842 bits per heavy atom. The number of hydrogen-bond acceptors (Lipinski definition) is 3. The number of hydrogen-bond donors (Lipinski definition) is 1. The minimum absolute atomic E-state index is 0.0495. The smallest absolute Gasteiger partial charge is 0.200 e. The van der Waals surface area contributed by atoms with Crippen molar-refractivity contribution in [3.63, 3.8) is 0 Å². The summed E-state index contributed by atoms with van der Waals surface area (Å²) in [6.45, 7) is 0. The van der Waals surface area contributed by atoms with Crippen molar-refractivity contribution in [1.29, 1.82) is 0 Å². The highest BCUT2D eigenvalue weighted by atomic mass is 16.5. The monoisotopic (exact) mass is 258 g/mol. The number of methoxy groups -OCH3 is 2. The Labute approximate surface area is 113 Å². The Morgan fingerprint density at radius 2 is 1.37 bits per heavy atom. The highest BCUT2D eigenvalue weighted by molar-refractivity contribution is 5.52. The Kier molecular flexibility index (Phi) is 4.29. The highest BCUT2D eigenvalue weighted by Gasteiger charge is 2.10. The summed E-state index contributed by atoms with van der Waals surface area (Å²) in [4.78, 5) is 0. The van der Waals surface area contributed by atoms with Gasteiger partial charge in [0.25, 0.3) is 0 Å². The molecule has 0 aliphatic carbocycles. The maximum Gasteiger partial charge on any atom is 0.200 e. The first-order valence-corrected chi connectivity index (χ1v) is 6.22. The van der Waals surface area contributed by atoms with Crippen molar-refractivity contribution < 1.29 is 14.6 Å². The molecule has 0 unspecified atom stereocenters. The SMILES string of the molecule is COc1cc(CCc2ccccc2)cc(OC)c1O. The first-order valence-electron chi connectivity index (χ1n) is 6.22. The maximum atomic E-state index is 9.85. The molecule has 2 rings (SSSR count). The molecule has 0 heterocycles. The van der Waals surface area contributed by atoms with E-state index in [0.29, 0.717) is 11.5 Å². The van der Waals surface area contributed by atoms with Crippen molar-refractivity contribution in [2.45, 2.75) is 12.8 Å². The lowest BCUT2D eigenvalue weighted by Gasteiger charge is -2.11. The molecular weight excluding hydrogens is 240 g/mol. The zero-order valence-electron chi connectivity index (χ0n) is 11.2. The summed E-state index contributed by atoms with van der Waals surface area (Å²) >= 11 is 0. The van der Waals surface area contributed by atoms with E-state index in [0.717, 1.165) is 18.4 Å². The average molecular weight is 258 g/mol. The van der Waals surface area contributed by atoms with Gasteiger partial charge >= 0.3 is 0 Å². The number of rotatable bonds is 5. The minimum atomic E-state index is 0.0495. The second kappa shape index (κ2) is 6.14. The lowest BCUT2D eigenvalue weighted by molar-refractivity contribution is 0.339. The van der Waals surface area contributed by atoms with Gasteiger partial charge in [0.15, 0.2) is 11.5 Å². The molecule has 0 fully saturated rings. The van der Waals surface area contributed by atoms with E-state index in [-0.39, 0.29) is 5.75 Å². The van der Waals surface area contributed by atoms with Crippen LogP contribution in [0.4, 0.5) is 0 Å². The molecule has 0 radical (unpaired) electrons. The number of phenols is 1. The topological polar surface area (TPSA) is 38.7 Å². The van der Waals surface area contributed by atoms with E-state index in [9.17, 15) is 5.11 Å². The molecule has 0 atom stereocenters. The molecule has 1 N–H and O–H groups in total. The quantitative estimate of drug-likeness (QED) is 0.895. The lowest BCUT2D eigenvalue weighted by atomic mass is 10.0. The lowest BCUT2D eigenvalue weighted by Crippen LogP contribution is -1.95. The summed E-state index contributed by atoms with van der Waals surface area (Å²) in [5.41, 5.74) is 2.36. The number of aryl methyl sites for hydroxylation is 2. The minimum Gasteiger partial charge on any atom is -0.502 e. The van der Waals surface area contributed by atoms with Gasteiger partial charge in [0.2, 0.25) is 5.75 Å². The van der Waals surface area contributed by atoms with E-state index >= 15 is 0 Å². The zero-order chi connectivity index (χ0) is 13.7. The van der Waals surface area contributed by atoms with Gasteiger partial charge in [-0.05, 0) is 36.1 Å².